The first-order valence-electron chi connectivity index (χ1n) is 6.49. The van der Waals surface area contributed by atoms with E-state index in [9.17, 15) is 14.7 Å². The molecule has 108 valence electrons. The van der Waals surface area contributed by atoms with Crippen LogP contribution in [0.4, 0.5) is 5.82 Å². The van der Waals surface area contributed by atoms with Gasteiger partial charge >= 0.3 is 11.9 Å². The van der Waals surface area contributed by atoms with Crippen molar-refractivity contribution >= 4 is 17.8 Å². The molecule has 20 heavy (non-hydrogen) atoms. The van der Waals surface area contributed by atoms with E-state index in [1.54, 1.807) is 25.3 Å². The molecule has 0 aliphatic carbocycles. The molecule has 1 aliphatic heterocycles. The fourth-order valence-corrected chi connectivity index (χ4v) is 2.34. The zero-order valence-electron chi connectivity index (χ0n) is 11.6. The number of methoxy groups -OCH3 is 1. The first-order valence-corrected chi connectivity index (χ1v) is 6.49. The zero-order chi connectivity index (χ0) is 14.8. The lowest BCUT2D eigenvalue weighted by molar-refractivity contribution is -0.149. The van der Waals surface area contributed by atoms with Crippen molar-refractivity contribution in [1.82, 2.24) is 4.98 Å². The molecule has 6 nitrogen and oxygen atoms in total. The monoisotopic (exact) mass is 278 g/mol. The number of carboxylic acid groups (broad SMARTS) is 1. The number of ether oxygens (including phenoxy) is 1. The van der Waals surface area contributed by atoms with Gasteiger partial charge in [0, 0.05) is 19.3 Å². The van der Waals surface area contributed by atoms with E-state index >= 15 is 0 Å². The lowest BCUT2D eigenvalue weighted by Crippen LogP contribution is -2.43. The molecule has 6 heteroatoms. The summed E-state index contributed by atoms with van der Waals surface area (Å²) < 4.78 is 4.75. The quantitative estimate of drug-likeness (QED) is 0.845. The van der Waals surface area contributed by atoms with Gasteiger partial charge in [0.05, 0.1) is 12.5 Å². The molecule has 1 aromatic rings. The molecule has 0 bridgehead atoms. The largest absolute Gasteiger partial charge is 0.481 e. The van der Waals surface area contributed by atoms with Crippen LogP contribution >= 0.6 is 0 Å². The van der Waals surface area contributed by atoms with Crippen LogP contribution in [0.3, 0.4) is 0 Å². The second kappa shape index (κ2) is 5.48. The van der Waals surface area contributed by atoms with Crippen LogP contribution in [-0.4, -0.2) is 42.2 Å². The molecule has 0 atom stereocenters. The summed E-state index contributed by atoms with van der Waals surface area (Å²) in [5.74, 6) is -0.641. The first-order chi connectivity index (χ1) is 9.48. The number of carbonyl (C=O) groups excluding carboxylic acids is 1. The maximum atomic E-state index is 11.7. The van der Waals surface area contributed by atoms with E-state index in [0.717, 1.165) is 0 Å². The molecule has 1 aliphatic rings. The number of hydrogen-bond donors (Lipinski definition) is 1. The van der Waals surface area contributed by atoms with Gasteiger partial charge in [-0.1, -0.05) is 0 Å². The summed E-state index contributed by atoms with van der Waals surface area (Å²) in [6.07, 6.45) is 2.67. The molecule has 0 spiro atoms. The number of aromatic nitrogens is 1. The maximum absolute atomic E-state index is 11.7. The zero-order valence-corrected chi connectivity index (χ0v) is 11.6. The van der Waals surface area contributed by atoms with Crippen molar-refractivity contribution in [2.24, 2.45) is 5.41 Å². The Kier molecular flexibility index (Phi) is 3.92. The summed E-state index contributed by atoms with van der Waals surface area (Å²) in [7, 11) is 1.33. The minimum absolute atomic E-state index is 0.411. The Hall–Kier alpha value is -2.11. The van der Waals surface area contributed by atoms with Gasteiger partial charge < -0.3 is 14.7 Å². The highest BCUT2D eigenvalue weighted by molar-refractivity contribution is 5.94. The van der Waals surface area contributed by atoms with Gasteiger partial charge in [-0.2, -0.15) is 0 Å². The number of pyridine rings is 1. The summed E-state index contributed by atoms with van der Waals surface area (Å²) >= 11 is 0. The minimum Gasteiger partial charge on any atom is -0.481 e. The molecule has 2 rings (SSSR count). The smallest absolute Gasteiger partial charge is 0.341 e. The number of piperidine rings is 1. The van der Waals surface area contributed by atoms with Crippen molar-refractivity contribution in [3.63, 3.8) is 0 Å². The Bertz CT molecular complexity index is 522. The van der Waals surface area contributed by atoms with Gasteiger partial charge in [0.15, 0.2) is 0 Å². The minimum atomic E-state index is -0.772. The molecule has 0 radical (unpaired) electrons. The van der Waals surface area contributed by atoms with Crippen molar-refractivity contribution in [2.45, 2.75) is 19.8 Å². The standard InChI is InChI=1S/C14H18N2O4/c1-14(13(18)19)5-8-16(9-6-14)11-10(12(17)20-2)4-3-7-15-11/h3-4,7H,5-6,8-9H2,1-2H3,(H,18,19). The van der Waals surface area contributed by atoms with E-state index < -0.39 is 17.4 Å². The highest BCUT2D eigenvalue weighted by Gasteiger charge is 2.37. The van der Waals surface area contributed by atoms with Crippen molar-refractivity contribution in [3.8, 4) is 0 Å². The molecule has 1 aromatic heterocycles. The lowest BCUT2D eigenvalue weighted by atomic mass is 9.80. The highest BCUT2D eigenvalue weighted by atomic mass is 16.5. The van der Waals surface area contributed by atoms with Crippen LogP contribution in [0.25, 0.3) is 0 Å². The van der Waals surface area contributed by atoms with Gasteiger partial charge in [-0.25, -0.2) is 9.78 Å². The number of esters is 1. The first kappa shape index (κ1) is 14.3. The van der Waals surface area contributed by atoms with Gasteiger partial charge in [0.1, 0.15) is 11.4 Å². The van der Waals surface area contributed by atoms with Crippen LogP contribution in [0.15, 0.2) is 18.3 Å². The van der Waals surface area contributed by atoms with E-state index in [1.807, 2.05) is 4.90 Å². The molecular weight excluding hydrogens is 260 g/mol. The number of nitrogens with zero attached hydrogens (tertiary/aromatic N) is 2. The third kappa shape index (κ3) is 2.59. The van der Waals surface area contributed by atoms with Gasteiger partial charge in [-0.3, -0.25) is 4.79 Å². The highest BCUT2D eigenvalue weighted by Crippen LogP contribution is 2.33. The molecule has 1 fully saturated rings. The molecule has 2 heterocycles. The summed E-state index contributed by atoms with van der Waals surface area (Å²) in [6.45, 7) is 2.87. The Labute approximate surface area is 117 Å². The van der Waals surface area contributed by atoms with E-state index in [0.29, 0.717) is 37.3 Å². The van der Waals surface area contributed by atoms with Crippen LogP contribution in [-0.2, 0) is 9.53 Å². The van der Waals surface area contributed by atoms with E-state index in [-0.39, 0.29) is 0 Å². The van der Waals surface area contributed by atoms with Crippen molar-refractivity contribution in [3.05, 3.63) is 23.9 Å². The molecular formula is C14H18N2O4. The fraction of sp³-hybridized carbons (Fsp3) is 0.500. The second-order valence-corrected chi connectivity index (χ2v) is 5.22. The Morgan fingerprint density at radius 1 is 1.40 bits per heavy atom. The average Bonchev–Trinajstić information content (AvgIpc) is 2.47. The van der Waals surface area contributed by atoms with E-state index in [1.165, 1.54) is 7.11 Å². The van der Waals surface area contributed by atoms with Crippen molar-refractivity contribution in [2.75, 3.05) is 25.1 Å². The van der Waals surface area contributed by atoms with Crippen LogP contribution in [0.1, 0.15) is 30.1 Å². The van der Waals surface area contributed by atoms with Gasteiger partial charge in [-0.05, 0) is 31.9 Å². The second-order valence-electron chi connectivity index (χ2n) is 5.22. The normalized spacial score (nSPS) is 17.6. The van der Waals surface area contributed by atoms with Gasteiger partial charge in [0.2, 0.25) is 0 Å². The predicted molar refractivity (Wildman–Crippen MR) is 72.8 cm³/mol. The number of hydrogen-bond acceptors (Lipinski definition) is 5. The molecule has 1 N–H and O–H groups in total. The predicted octanol–water partition coefficient (Wildman–Crippen LogP) is 1.56. The molecule has 0 saturated carbocycles. The number of aliphatic carboxylic acids is 1. The van der Waals surface area contributed by atoms with Crippen LogP contribution in [0.5, 0.6) is 0 Å². The third-order valence-corrected chi connectivity index (χ3v) is 3.87. The average molecular weight is 278 g/mol. The van der Waals surface area contributed by atoms with Crippen molar-refractivity contribution < 1.29 is 19.4 Å². The van der Waals surface area contributed by atoms with E-state index in [2.05, 4.69) is 4.98 Å². The number of carbonyl (C=O) groups is 2. The topological polar surface area (TPSA) is 79.7 Å². The van der Waals surface area contributed by atoms with Crippen LogP contribution in [0.2, 0.25) is 0 Å². The van der Waals surface area contributed by atoms with Gasteiger partial charge in [-0.15, -0.1) is 0 Å². The summed E-state index contributed by atoms with van der Waals surface area (Å²) in [4.78, 5) is 29.1. The van der Waals surface area contributed by atoms with Crippen LogP contribution < -0.4 is 4.90 Å². The fourth-order valence-electron chi connectivity index (χ4n) is 2.34. The number of carboxylic acids is 1. The summed E-state index contributed by atoms with van der Waals surface area (Å²) in [5, 5.41) is 9.23. The molecule has 0 unspecified atom stereocenters. The number of rotatable bonds is 3. The Morgan fingerprint density at radius 3 is 2.60 bits per heavy atom. The van der Waals surface area contributed by atoms with Crippen LogP contribution in [0, 0.1) is 5.41 Å². The number of anilines is 1. The van der Waals surface area contributed by atoms with E-state index in [4.69, 9.17) is 4.74 Å². The molecule has 0 amide bonds. The third-order valence-electron chi connectivity index (χ3n) is 3.87. The lowest BCUT2D eigenvalue weighted by Gasteiger charge is -2.37. The SMILES string of the molecule is COC(=O)c1cccnc1N1CCC(C)(C(=O)O)CC1. The molecule has 1 saturated heterocycles. The summed E-state index contributed by atoms with van der Waals surface area (Å²) in [5.41, 5.74) is -0.287. The summed E-state index contributed by atoms with van der Waals surface area (Å²) in [6, 6.07) is 3.35. The Morgan fingerprint density at radius 2 is 2.05 bits per heavy atom. The van der Waals surface area contributed by atoms with Gasteiger partial charge in [0.25, 0.3) is 0 Å². The van der Waals surface area contributed by atoms with Crippen molar-refractivity contribution in [1.29, 1.82) is 0 Å². The molecule has 0 aromatic carbocycles. The Balaban J connectivity index is 2.19. The maximum Gasteiger partial charge on any atom is 0.341 e.